The molecule has 0 aromatic rings. The predicted octanol–water partition coefficient (Wildman–Crippen LogP) is -3.31. The van der Waals surface area contributed by atoms with E-state index in [1.165, 1.54) is 6.08 Å². The Labute approximate surface area is 256 Å². The van der Waals surface area contributed by atoms with Crippen LogP contribution in [-0.4, -0.2) is 135 Å². The normalized spacial score (nSPS) is 51.7. The average Bonchev–Trinajstić information content (AvgIpc) is 3.30. The van der Waals surface area contributed by atoms with Crippen molar-refractivity contribution in [2.24, 2.45) is 34.5 Å². The SMILES string of the molecule is COC(=O)[C@@]12OC[C@]34C([C@@H](O)C1O)[C@@]1(C)C=C(O[C@@H]5O[C@H](CO)[C@@H](O)[C@H](O)[C@H]5O)C(=O)C(C)C1C[C@H]3OC(=O)[C@H](OC(C)=O)[C@H]42. The third kappa shape index (κ3) is 4.06. The Morgan fingerprint density at radius 2 is 1.73 bits per heavy atom. The molecule has 2 saturated carbocycles. The summed E-state index contributed by atoms with van der Waals surface area (Å²) in [5, 5.41) is 64.2. The molecule has 2 bridgehead atoms. The summed E-state index contributed by atoms with van der Waals surface area (Å²) in [6.07, 6.45) is -13.2. The number of hydrogen-bond acceptors (Lipinski definition) is 16. The molecule has 3 aliphatic heterocycles. The number of rotatable bonds is 5. The molecule has 16 atom stereocenters. The van der Waals surface area contributed by atoms with E-state index in [2.05, 4.69) is 0 Å². The van der Waals surface area contributed by atoms with E-state index in [1.54, 1.807) is 13.8 Å². The lowest BCUT2D eigenvalue weighted by molar-refractivity contribution is -0.296. The van der Waals surface area contributed by atoms with Crippen molar-refractivity contribution < 1.29 is 78.2 Å². The zero-order valence-electron chi connectivity index (χ0n) is 25.0. The van der Waals surface area contributed by atoms with E-state index in [4.69, 9.17) is 28.4 Å². The average molecular weight is 643 g/mol. The van der Waals surface area contributed by atoms with Crippen molar-refractivity contribution in [3.05, 3.63) is 11.8 Å². The molecule has 6 rings (SSSR count). The van der Waals surface area contributed by atoms with Gasteiger partial charge in [0.25, 0.3) is 0 Å². The van der Waals surface area contributed by atoms with Crippen molar-refractivity contribution in [1.82, 2.24) is 0 Å². The van der Waals surface area contributed by atoms with E-state index in [-0.39, 0.29) is 18.8 Å². The van der Waals surface area contributed by atoms with E-state index in [1.807, 2.05) is 0 Å². The Morgan fingerprint density at radius 1 is 1.04 bits per heavy atom. The van der Waals surface area contributed by atoms with Crippen molar-refractivity contribution in [2.45, 2.75) is 87.9 Å². The van der Waals surface area contributed by atoms with Gasteiger partial charge >= 0.3 is 17.9 Å². The monoisotopic (exact) mass is 642 g/mol. The molecule has 45 heavy (non-hydrogen) atoms. The lowest BCUT2D eigenvalue weighted by atomic mass is 9.38. The van der Waals surface area contributed by atoms with Gasteiger partial charge in [-0.3, -0.25) is 9.59 Å². The third-order valence-electron chi connectivity index (χ3n) is 11.2. The second kappa shape index (κ2) is 10.7. The lowest BCUT2D eigenvalue weighted by Crippen LogP contribution is -2.79. The van der Waals surface area contributed by atoms with Gasteiger partial charge in [-0.2, -0.15) is 0 Å². The summed E-state index contributed by atoms with van der Waals surface area (Å²) in [5.41, 5.74) is -5.00. The highest BCUT2D eigenvalue weighted by atomic mass is 16.7. The van der Waals surface area contributed by atoms with Gasteiger partial charge in [-0.25, -0.2) is 9.59 Å². The quantitative estimate of drug-likeness (QED) is 0.127. The molecule has 0 aromatic heterocycles. The van der Waals surface area contributed by atoms with Crippen LogP contribution in [0.4, 0.5) is 0 Å². The zero-order valence-corrected chi connectivity index (χ0v) is 25.0. The van der Waals surface area contributed by atoms with Crippen molar-refractivity contribution in [1.29, 1.82) is 0 Å². The Kier molecular flexibility index (Phi) is 7.64. The molecular formula is C29H38O16. The number of fused-ring (bicyclic) bond motifs is 2. The van der Waals surface area contributed by atoms with Crippen molar-refractivity contribution >= 4 is 23.7 Å². The smallest absolute Gasteiger partial charge is 0.348 e. The number of hydrogen-bond donors (Lipinski definition) is 6. The fourth-order valence-corrected chi connectivity index (χ4v) is 9.36. The lowest BCUT2D eigenvalue weighted by Gasteiger charge is -2.67. The minimum absolute atomic E-state index is 0.0577. The van der Waals surface area contributed by atoms with E-state index in [0.29, 0.717) is 0 Å². The van der Waals surface area contributed by atoms with Crippen LogP contribution in [0.2, 0.25) is 0 Å². The number of aliphatic hydroxyl groups excluding tert-OH is 6. The molecule has 3 aliphatic carbocycles. The van der Waals surface area contributed by atoms with Gasteiger partial charge in [0.2, 0.25) is 18.0 Å². The maximum atomic E-state index is 13.7. The largest absolute Gasteiger partial charge is 0.467 e. The van der Waals surface area contributed by atoms with E-state index in [9.17, 15) is 49.8 Å². The van der Waals surface area contributed by atoms with Crippen LogP contribution in [0, 0.1) is 34.5 Å². The van der Waals surface area contributed by atoms with E-state index in [0.717, 1.165) is 14.0 Å². The van der Waals surface area contributed by atoms with Crippen molar-refractivity contribution in [2.75, 3.05) is 20.3 Å². The maximum Gasteiger partial charge on any atom is 0.348 e. The van der Waals surface area contributed by atoms with E-state index >= 15 is 0 Å². The summed E-state index contributed by atoms with van der Waals surface area (Å²) in [6.45, 7) is 3.33. The molecule has 250 valence electrons. The Morgan fingerprint density at radius 3 is 2.36 bits per heavy atom. The van der Waals surface area contributed by atoms with Crippen LogP contribution in [-0.2, 0) is 47.6 Å². The van der Waals surface area contributed by atoms with Gasteiger partial charge < -0.3 is 59.1 Å². The number of carbonyl (C=O) groups excluding carboxylic acids is 4. The molecule has 5 fully saturated rings. The van der Waals surface area contributed by atoms with Gasteiger partial charge in [0.1, 0.15) is 36.6 Å². The first kappa shape index (κ1) is 32.2. The molecule has 6 N–H and O–H groups in total. The zero-order chi connectivity index (χ0) is 33.0. The molecule has 16 nitrogen and oxygen atoms in total. The predicted molar refractivity (Wildman–Crippen MR) is 141 cm³/mol. The topological polar surface area (TPSA) is 245 Å². The van der Waals surface area contributed by atoms with Gasteiger partial charge in [-0.05, 0) is 23.8 Å². The van der Waals surface area contributed by atoms with Crippen LogP contribution >= 0.6 is 0 Å². The van der Waals surface area contributed by atoms with Gasteiger partial charge in [-0.1, -0.05) is 13.8 Å². The molecule has 3 saturated heterocycles. The number of Topliss-reactive ketones (excluding diaryl/α,β-unsaturated/α-hetero) is 1. The molecule has 4 unspecified atom stereocenters. The number of methoxy groups -OCH3 is 1. The van der Waals surface area contributed by atoms with Crippen LogP contribution in [0.15, 0.2) is 11.8 Å². The van der Waals surface area contributed by atoms with Crippen LogP contribution in [0.25, 0.3) is 0 Å². The highest BCUT2D eigenvalue weighted by molar-refractivity contribution is 5.96. The minimum Gasteiger partial charge on any atom is -0.467 e. The first-order valence-corrected chi connectivity index (χ1v) is 14.8. The molecule has 0 radical (unpaired) electrons. The van der Waals surface area contributed by atoms with Crippen molar-refractivity contribution in [3.63, 3.8) is 0 Å². The first-order valence-electron chi connectivity index (χ1n) is 14.8. The van der Waals surface area contributed by atoms with Gasteiger partial charge in [0.05, 0.1) is 32.3 Å². The summed E-state index contributed by atoms with van der Waals surface area (Å²) >= 11 is 0. The fraction of sp³-hybridized carbons (Fsp3) is 0.793. The second-order valence-electron chi connectivity index (χ2n) is 13.2. The number of esters is 3. The van der Waals surface area contributed by atoms with E-state index < -0.39 is 126 Å². The van der Waals surface area contributed by atoms with Crippen LogP contribution in [0.1, 0.15) is 27.2 Å². The third-order valence-corrected chi connectivity index (χ3v) is 11.2. The Balaban J connectivity index is 1.49. The van der Waals surface area contributed by atoms with Crippen LogP contribution in [0.5, 0.6) is 0 Å². The minimum atomic E-state index is -2.30. The standard InChI is InChI=1S/C29H38O16/c1-9-11-5-14-28-8-41-29(26(39)40-4,22(28)20(24(38)45-14)42-10(2)31)23(37)19(36)21(28)27(11,3)6-12(15(9)32)43-25-18(35)17(34)16(33)13(7-30)44-25/h6,9,11,13-14,16-23,25,30,33-37H,5,7-8H2,1-4H3/t9?,11?,13-,14-,16-,17+,18-,19-,20-,21?,22-,23?,25-,27+,28-,29+/m1/s1. The Hall–Kier alpha value is -2.70. The number of aliphatic hydroxyl groups is 6. The number of ether oxygens (including phenoxy) is 6. The fourth-order valence-electron chi connectivity index (χ4n) is 9.36. The molecule has 3 heterocycles. The first-order chi connectivity index (χ1) is 21.1. The van der Waals surface area contributed by atoms with Gasteiger partial charge in [-0.15, -0.1) is 0 Å². The number of carbonyl (C=O) groups is 4. The molecule has 1 spiro atoms. The molecule has 0 aromatic carbocycles. The Bertz CT molecular complexity index is 1310. The molecule has 16 heteroatoms. The maximum absolute atomic E-state index is 13.7. The summed E-state index contributed by atoms with van der Waals surface area (Å²) < 4.78 is 33.6. The van der Waals surface area contributed by atoms with Crippen LogP contribution < -0.4 is 0 Å². The summed E-state index contributed by atoms with van der Waals surface area (Å²) in [7, 11) is 1.05. The number of ketones is 1. The van der Waals surface area contributed by atoms with Gasteiger partial charge in [0, 0.05) is 24.2 Å². The molecule has 6 aliphatic rings. The molecular weight excluding hydrogens is 604 g/mol. The summed E-state index contributed by atoms with van der Waals surface area (Å²) in [5.74, 6) is -7.70. The summed E-state index contributed by atoms with van der Waals surface area (Å²) in [4.78, 5) is 52.7. The van der Waals surface area contributed by atoms with Crippen molar-refractivity contribution in [3.8, 4) is 0 Å². The van der Waals surface area contributed by atoms with Crippen LogP contribution in [0.3, 0.4) is 0 Å². The highest BCUT2D eigenvalue weighted by Gasteiger charge is 2.85. The summed E-state index contributed by atoms with van der Waals surface area (Å²) in [6, 6.07) is 0. The molecule has 0 amide bonds. The van der Waals surface area contributed by atoms with Gasteiger partial charge in [0.15, 0.2) is 11.5 Å². The second-order valence-corrected chi connectivity index (χ2v) is 13.2. The number of allylic oxidation sites excluding steroid dienone is 2. The highest BCUT2D eigenvalue weighted by Crippen LogP contribution is 2.72.